The van der Waals surface area contributed by atoms with Crippen molar-refractivity contribution in [3.8, 4) is 0 Å². The summed E-state index contributed by atoms with van der Waals surface area (Å²) < 4.78 is 0. The van der Waals surface area contributed by atoms with Gasteiger partial charge in [0.2, 0.25) is 11.8 Å². The Morgan fingerprint density at radius 1 is 1.31 bits per heavy atom. The molecule has 0 aromatic carbocycles. The Balaban J connectivity index is 4.84. The molecule has 0 aromatic rings. The van der Waals surface area contributed by atoms with E-state index in [0.29, 0.717) is 38.6 Å². The molecule has 2 amide bonds. The molecule has 0 saturated heterocycles. The Labute approximate surface area is 154 Å². The Hall–Kier alpha value is -2.20. The summed E-state index contributed by atoms with van der Waals surface area (Å²) in [6, 6.07) is -2.59. The van der Waals surface area contributed by atoms with E-state index < -0.39 is 36.5 Å². The van der Waals surface area contributed by atoms with E-state index in [-0.39, 0.29) is 5.96 Å². The molecular weight excluding hydrogens is 340 g/mol. The fourth-order valence-corrected chi connectivity index (χ4v) is 2.25. The summed E-state index contributed by atoms with van der Waals surface area (Å²) in [6.07, 6.45) is 3.05. The molecule has 0 aliphatic carbocycles. The number of rotatable bonds is 13. The van der Waals surface area contributed by atoms with Crippen LogP contribution in [0.1, 0.15) is 39.5 Å². The summed E-state index contributed by atoms with van der Waals surface area (Å²) in [6.45, 7) is 3.71. The summed E-state index contributed by atoms with van der Waals surface area (Å²) >= 11 is 0. The van der Waals surface area contributed by atoms with Gasteiger partial charge in [-0.05, 0) is 26.2 Å². The molecule has 0 rings (SSSR count). The summed E-state index contributed by atoms with van der Waals surface area (Å²) in [5, 5.41) is 11.7. The maximum Gasteiger partial charge on any atom is 0.243 e. The predicted octanol–water partition coefficient (Wildman–Crippen LogP) is -1.94. The molecule has 0 bridgehead atoms. The van der Waals surface area contributed by atoms with E-state index >= 15 is 0 Å². The SMILES string of the molecule is CCCCN(C(=O)C(N)CO)C(C)C(=O)N[C@@H](C=O)CCCN=C(N)N. The van der Waals surface area contributed by atoms with Crippen LogP contribution in [0.2, 0.25) is 0 Å². The van der Waals surface area contributed by atoms with Crippen LogP contribution in [-0.2, 0) is 14.4 Å². The minimum atomic E-state index is -1.08. The van der Waals surface area contributed by atoms with Gasteiger partial charge in [0.05, 0.1) is 12.6 Å². The minimum Gasteiger partial charge on any atom is -0.394 e. The number of amides is 2. The van der Waals surface area contributed by atoms with E-state index in [2.05, 4.69) is 10.3 Å². The van der Waals surface area contributed by atoms with Crippen molar-refractivity contribution in [3.05, 3.63) is 0 Å². The number of carbonyl (C=O) groups is 3. The molecule has 0 aliphatic rings. The second kappa shape index (κ2) is 13.1. The maximum atomic E-state index is 12.4. The number of aliphatic hydroxyl groups excluding tert-OH is 1. The van der Waals surface area contributed by atoms with Gasteiger partial charge in [-0.1, -0.05) is 13.3 Å². The summed E-state index contributed by atoms with van der Waals surface area (Å²) in [5.74, 6) is -0.992. The van der Waals surface area contributed by atoms with Gasteiger partial charge in [0.15, 0.2) is 5.96 Å². The third-order valence-corrected chi connectivity index (χ3v) is 3.86. The molecule has 10 nitrogen and oxygen atoms in total. The van der Waals surface area contributed by atoms with Crippen LogP contribution in [0.15, 0.2) is 4.99 Å². The van der Waals surface area contributed by atoms with Crippen LogP contribution >= 0.6 is 0 Å². The van der Waals surface area contributed by atoms with Crippen molar-refractivity contribution in [3.63, 3.8) is 0 Å². The van der Waals surface area contributed by atoms with E-state index in [1.54, 1.807) is 6.92 Å². The molecule has 0 heterocycles. The fraction of sp³-hybridized carbons (Fsp3) is 0.750. The monoisotopic (exact) mass is 372 g/mol. The lowest BCUT2D eigenvalue weighted by molar-refractivity contribution is -0.142. The number of guanidine groups is 1. The molecule has 8 N–H and O–H groups in total. The van der Waals surface area contributed by atoms with Crippen LogP contribution in [0.4, 0.5) is 0 Å². The first-order valence-corrected chi connectivity index (χ1v) is 8.76. The average molecular weight is 372 g/mol. The largest absolute Gasteiger partial charge is 0.394 e. The van der Waals surface area contributed by atoms with Gasteiger partial charge in [0.1, 0.15) is 18.4 Å². The highest BCUT2D eigenvalue weighted by Gasteiger charge is 2.29. The van der Waals surface area contributed by atoms with Crippen molar-refractivity contribution in [2.75, 3.05) is 19.7 Å². The number of aliphatic hydroxyl groups is 1. The number of aliphatic imine (C=N–C) groups is 1. The fourth-order valence-electron chi connectivity index (χ4n) is 2.25. The number of hydrogen-bond acceptors (Lipinski definition) is 6. The van der Waals surface area contributed by atoms with E-state index in [0.717, 1.165) is 6.42 Å². The third kappa shape index (κ3) is 8.77. The van der Waals surface area contributed by atoms with Crippen LogP contribution in [-0.4, -0.2) is 71.9 Å². The first-order chi connectivity index (χ1) is 12.3. The number of carbonyl (C=O) groups excluding carboxylic acids is 3. The van der Waals surface area contributed by atoms with E-state index in [9.17, 15) is 14.4 Å². The summed E-state index contributed by atoms with van der Waals surface area (Å²) in [4.78, 5) is 41.1. The average Bonchev–Trinajstić information content (AvgIpc) is 2.62. The topological polar surface area (TPSA) is 177 Å². The Bertz CT molecular complexity index is 481. The van der Waals surface area contributed by atoms with Gasteiger partial charge in [-0.3, -0.25) is 14.6 Å². The first kappa shape index (κ1) is 23.8. The second-order valence-electron chi connectivity index (χ2n) is 6.05. The molecule has 2 unspecified atom stereocenters. The zero-order valence-corrected chi connectivity index (χ0v) is 15.6. The molecule has 0 spiro atoms. The lowest BCUT2D eigenvalue weighted by Crippen LogP contribution is -2.55. The standard InChI is InChI=1S/C16H32N6O4/c1-3-4-8-22(15(26)13(17)10-24)11(2)14(25)21-12(9-23)6-5-7-20-16(18)19/h9,11-13,24H,3-8,10,17H2,1-2H3,(H,21,25)(H4,18,19,20)/t11?,12-,13?/m1/s1. The first-order valence-electron chi connectivity index (χ1n) is 8.76. The van der Waals surface area contributed by atoms with Gasteiger partial charge < -0.3 is 37.3 Å². The van der Waals surface area contributed by atoms with Crippen LogP contribution < -0.4 is 22.5 Å². The Kier molecular flexibility index (Phi) is 12.0. The van der Waals surface area contributed by atoms with Crippen molar-refractivity contribution in [2.24, 2.45) is 22.2 Å². The zero-order chi connectivity index (χ0) is 20.1. The lowest BCUT2D eigenvalue weighted by Gasteiger charge is -2.31. The van der Waals surface area contributed by atoms with Crippen LogP contribution in [0.5, 0.6) is 0 Å². The molecule has 3 atom stereocenters. The lowest BCUT2D eigenvalue weighted by atomic mass is 10.1. The van der Waals surface area contributed by atoms with Crippen molar-refractivity contribution < 1.29 is 19.5 Å². The quantitative estimate of drug-likeness (QED) is 0.108. The van der Waals surface area contributed by atoms with Crippen LogP contribution in [0.3, 0.4) is 0 Å². The Morgan fingerprint density at radius 2 is 1.96 bits per heavy atom. The second-order valence-corrected chi connectivity index (χ2v) is 6.05. The van der Waals surface area contributed by atoms with Gasteiger partial charge in [-0.15, -0.1) is 0 Å². The highest BCUT2D eigenvalue weighted by molar-refractivity contribution is 5.90. The van der Waals surface area contributed by atoms with Gasteiger partial charge in [-0.2, -0.15) is 0 Å². The van der Waals surface area contributed by atoms with Gasteiger partial charge >= 0.3 is 0 Å². The number of nitrogens with two attached hydrogens (primary N) is 3. The van der Waals surface area contributed by atoms with Crippen molar-refractivity contribution >= 4 is 24.1 Å². The summed E-state index contributed by atoms with van der Waals surface area (Å²) in [5.41, 5.74) is 16.0. The molecule has 0 aliphatic heterocycles. The van der Waals surface area contributed by atoms with E-state index in [1.165, 1.54) is 4.90 Å². The number of nitrogens with zero attached hydrogens (tertiary/aromatic N) is 2. The molecular formula is C16H32N6O4. The molecule has 0 aromatic heterocycles. The number of aldehydes is 1. The Morgan fingerprint density at radius 3 is 2.46 bits per heavy atom. The molecule has 0 saturated carbocycles. The van der Waals surface area contributed by atoms with E-state index in [1.807, 2.05) is 6.92 Å². The van der Waals surface area contributed by atoms with Gasteiger partial charge in [0.25, 0.3) is 0 Å². The number of hydrogen-bond donors (Lipinski definition) is 5. The number of unbranched alkanes of at least 4 members (excludes halogenated alkanes) is 1. The molecule has 26 heavy (non-hydrogen) atoms. The zero-order valence-electron chi connectivity index (χ0n) is 15.6. The highest BCUT2D eigenvalue weighted by Crippen LogP contribution is 2.07. The van der Waals surface area contributed by atoms with Crippen LogP contribution in [0.25, 0.3) is 0 Å². The van der Waals surface area contributed by atoms with E-state index in [4.69, 9.17) is 22.3 Å². The van der Waals surface area contributed by atoms with Crippen LogP contribution in [0, 0.1) is 0 Å². The van der Waals surface area contributed by atoms with Gasteiger partial charge in [-0.25, -0.2) is 0 Å². The number of nitrogens with one attached hydrogen (secondary N) is 1. The smallest absolute Gasteiger partial charge is 0.243 e. The highest BCUT2D eigenvalue weighted by atomic mass is 16.3. The maximum absolute atomic E-state index is 12.4. The summed E-state index contributed by atoms with van der Waals surface area (Å²) in [7, 11) is 0. The normalized spacial score (nSPS) is 14.0. The molecule has 10 heteroatoms. The predicted molar refractivity (Wildman–Crippen MR) is 99.0 cm³/mol. The van der Waals surface area contributed by atoms with Crippen molar-refractivity contribution in [1.82, 2.24) is 10.2 Å². The van der Waals surface area contributed by atoms with Gasteiger partial charge in [0, 0.05) is 13.1 Å². The van der Waals surface area contributed by atoms with Crippen molar-refractivity contribution in [1.29, 1.82) is 0 Å². The molecule has 150 valence electrons. The van der Waals surface area contributed by atoms with Crippen molar-refractivity contribution in [2.45, 2.75) is 57.7 Å². The minimum absolute atomic E-state index is 0.0318. The molecule has 0 radical (unpaired) electrons. The third-order valence-electron chi connectivity index (χ3n) is 3.86. The molecule has 0 fully saturated rings.